The molecule has 94 valence electrons. The lowest BCUT2D eigenvalue weighted by Gasteiger charge is -2.36. The molecule has 0 aliphatic carbocycles. The Morgan fingerprint density at radius 2 is 2.12 bits per heavy atom. The molecule has 2 aliphatic heterocycles. The maximum absolute atomic E-state index is 12.0. The molecule has 0 radical (unpaired) electrons. The highest BCUT2D eigenvalue weighted by Crippen LogP contribution is 2.30. The third-order valence-electron chi connectivity index (χ3n) is 3.18. The monoisotopic (exact) mass is 258 g/mol. The van der Waals surface area contributed by atoms with Crippen molar-refractivity contribution < 1.29 is 19.5 Å². The summed E-state index contributed by atoms with van der Waals surface area (Å²) < 4.78 is 0. The van der Waals surface area contributed by atoms with Gasteiger partial charge in [-0.15, -0.1) is 0 Å². The first-order valence-electron chi connectivity index (χ1n) is 5.56. The highest BCUT2D eigenvalue weighted by molar-refractivity contribution is 7.80. The van der Waals surface area contributed by atoms with Crippen LogP contribution in [0.15, 0.2) is 0 Å². The Balaban J connectivity index is 2.26. The summed E-state index contributed by atoms with van der Waals surface area (Å²) in [5.74, 6) is -2.04. The second-order valence-corrected chi connectivity index (χ2v) is 4.65. The van der Waals surface area contributed by atoms with Crippen LogP contribution in [0.5, 0.6) is 0 Å². The molecule has 0 bridgehead atoms. The maximum Gasteiger partial charge on any atom is 0.328 e. The van der Waals surface area contributed by atoms with Crippen LogP contribution in [0.1, 0.15) is 19.3 Å². The van der Waals surface area contributed by atoms with Gasteiger partial charge in [-0.2, -0.15) is 12.6 Å². The standard InChI is InChI=1S/C10H14N2O4S/c13-8-6(3-5-17)9(14)12-7(10(15)16)2-1-4-11(8)12/h6-7,17H,1-5H2,(H,15,16). The summed E-state index contributed by atoms with van der Waals surface area (Å²) in [5, 5.41) is 11.5. The average Bonchev–Trinajstić information content (AvgIpc) is 2.55. The number of thiol groups is 1. The maximum atomic E-state index is 12.0. The van der Waals surface area contributed by atoms with Crippen molar-refractivity contribution in [1.82, 2.24) is 10.0 Å². The Labute approximate surface area is 104 Å². The molecular weight excluding hydrogens is 244 g/mol. The van der Waals surface area contributed by atoms with E-state index >= 15 is 0 Å². The lowest BCUT2D eigenvalue weighted by atomic mass is 10.1. The van der Waals surface area contributed by atoms with Crippen LogP contribution in [-0.2, 0) is 14.4 Å². The first-order chi connectivity index (χ1) is 8.07. The fourth-order valence-electron chi connectivity index (χ4n) is 2.37. The van der Waals surface area contributed by atoms with E-state index in [9.17, 15) is 14.4 Å². The van der Waals surface area contributed by atoms with Crippen LogP contribution < -0.4 is 0 Å². The number of carboxylic acid groups (broad SMARTS) is 1. The molecule has 0 aromatic heterocycles. The first-order valence-corrected chi connectivity index (χ1v) is 6.19. The van der Waals surface area contributed by atoms with Crippen LogP contribution in [0.4, 0.5) is 0 Å². The Kier molecular flexibility index (Phi) is 3.28. The molecule has 2 fully saturated rings. The molecule has 0 saturated carbocycles. The number of hydrazine groups is 1. The van der Waals surface area contributed by atoms with Gasteiger partial charge in [-0.05, 0) is 25.0 Å². The van der Waals surface area contributed by atoms with Gasteiger partial charge in [0.2, 0.25) is 0 Å². The number of nitrogens with zero attached hydrogens (tertiary/aromatic N) is 2. The summed E-state index contributed by atoms with van der Waals surface area (Å²) in [7, 11) is 0. The predicted octanol–water partition coefficient (Wildman–Crippen LogP) is -0.245. The normalized spacial score (nSPS) is 28.5. The molecule has 2 atom stereocenters. The molecule has 0 spiro atoms. The van der Waals surface area contributed by atoms with Gasteiger partial charge in [0, 0.05) is 6.54 Å². The molecule has 0 aromatic carbocycles. The lowest BCUT2D eigenvalue weighted by molar-refractivity contribution is -0.169. The number of carbonyl (C=O) groups excluding carboxylic acids is 2. The second-order valence-electron chi connectivity index (χ2n) is 4.21. The highest BCUT2D eigenvalue weighted by atomic mass is 32.1. The van der Waals surface area contributed by atoms with Crippen LogP contribution in [0.3, 0.4) is 0 Å². The molecule has 17 heavy (non-hydrogen) atoms. The molecule has 0 aromatic rings. The third-order valence-corrected chi connectivity index (χ3v) is 3.44. The van der Waals surface area contributed by atoms with E-state index < -0.39 is 23.8 Å². The predicted molar refractivity (Wildman–Crippen MR) is 61.2 cm³/mol. The van der Waals surface area contributed by atoms with Gasteiger partial charge in [-0.3, -0.25) is 14.6 Å². The Hall–Kier alpha value is -1.24. The van der Waals surface area contributed by atoms with Crippen molar-refractivity contribution in [2.45, 2.75) is 25.3 Å². The molecule has 7 heteroatoms. The van der Waals surface area contributed by atoms with E-state index in [-0.39, 0.29) is 5.91 Å². The van der Waals surface area contributed by atoms with E-state index in [1.165, 1.54) is 5.01 Å². The smallest absolute Gasteiger partial charge is 0.328 e. The van der Waals surface area contributed by atoms with Crippen LogP contribution in [0, 0.1) is 5.92 Å². The molecule has 2 amide bonds. The molecule has 6 nitrogen and oxygen atoms in total. The van der Waals surface area contributed by atoms with Crippen LogP contribution >= 0.6 is 12.6 Å². The minimum Gasteiger partial charge on any atom is -0.480 e. The summed E-state index contributed by atoms with van der Waals surface area (Å²) >= 11 is 4.02. The minimum atomic E-state index is -1.05. The number of rotatable bonds is 3. The summed E-state index contributed by atoms with van der Waals surface area (Å²) in [4.78, 5) is 35.0. The molecule has 2 saturated heterocycles. The first kappa shape index (κ1) is 12.2. The zero-order valence-electron chi connectivity index (χ0n) is 9.20. The van der Waals surface area contributed by atoms with Gasteiger partial charge in [0.05, 0.1) is 0 Å². The number of fused-ring (bicyclic) bond motifs is 1. The Morgan fingerprint density at radius 1 is 1.41 bits per heavy atom. The average molecular weight is 258 g/mol. The largest absolute Gasteiger partial charge is 0.480 e. The number of hydrogen-bond acceptors (Lipinski definition) is 4. The second kappa shape index (κ2) is 4.56. The molecule has 2 unspecified atom stereocenters. The van der Waals surface area contributed by atoms with Crippen LogP contribution in [0.25, 0.3) is 0 Å². The van der Waals surface area contributed by atoms with E-state index in [0.29, 0.717) is 31.6 Å². The van der Waals surface area contributed by atoms with Gasteiger partial charge < -0.3 is 5.11 Å². The molecular formula is C10H14N2O4S. The number of carbonyl (C=O) groups is 3. The van der Waals surface area contributed by atoms with Gasteiger partial charge in [-0.1, -0.05) is 0 Å². The Bertz CT molecular complexity index is 373. The van der Waals surface area contributed by atoms with E-state index in [2.05, 4.69) is 12.6 Å². The van der Waals surface area contributed by atoms with E-state index in [1.807, 2.05) is 0 Å². The Morgan fingerprint density at radius 3 is 2.71 bits per heavy atom. The number of hydrogen-bond donors (Lipinski definition) is 2. The van der Waals surface area contributed by atoms with E-state index in [1.54, 1.807) is 0 Å². The fourth-order valence-corrected chi connectivity index (χ4v) is 2.63. The van der Waals surface area contributed by atoms with Gasteiger partial charge in [0.1, 0.15) is 5.92 Å². The van der Waals surface area contributed by atoms with Crippen molar-refractivity contribution in [3.8, 4) is 0 Å². The van der Waals surface area contributed by atoms with Crippen molar-refractivity contribution in [1.29, 1.82) is 0 Å². The quantitative estimate of drug-likeness (QED) is 0.541. The summed E-state index contributed by atoms with van der Waals surface area (Å²) in [6.07, 6.45) is 1.37. The van der Waals surface area contributed by atoms with Crippen molar-refractivity contribution >= 4 is 30.4 Å². The number of aliphatic carboxylic acids is 1. The van der Waals surface area contributed by atoms with Crippen molar-refractivity contribution in [3.63, 3.8) is 0 Å². The zero-order chi connectivity index (χ0) is 12.6. The summed E-state index contributed by atoms with van der Waals surface area (Å²) in [6.45, 7) is 0.428. The van der Waals surface area contributed by atoms with Gasteiger partial charge in [-0.25, -0.2) is 9.80 Å². The summed E-state index contributed by atoms with van der Waals surface area (Å²) in [5.41, 5.74) is 0. The minimum absolute atomic E-state index is 0.282. The van der Waals surface area contributed by atoms with Gasteiger partial charge >= 0.3 is 5.97 Å². The lowest BCUT2D eigenvalue weighted by Crippen LogP contribution is -2.54. The van der Waals surface area contributed by atoms with Crippen molar-refractivity contribution in [2.75, 3.05) is 12.3 Å². The van der Waals surface area contributed by atoms with Gasteiger partial charge in [0.15, 0.2) is 6.04 Å². The third kappa shape index (κ3) is 1.88. The van der Waals surface area contributed by atoms with Crippen molar-refractivity contribution in [2.24, 2.45) is 5.92 Å². The SMILES string of the molecule is O=C(O)C1CCCN2C(=O)C(CCS)C(=O)N12. The fraction of sp³-hybridized carbons (Fsp3) is 0.700. The molecule has 1 N–H and O–H groups in total. The van der Waals surface area contributed by atoms with Gasteiger partial charge in [0.25, 0.3) is 11.8 Å². The van der Waals surface area contributed by atoms with Crippen molar-refractivity contribution in [3.05, 3.63) is 0 Å². The highest BCUT2D eigenvalue weighted by Gasteiger charge is 2.50. The van der Waals surface area contributed by atoms with Crippen LogP contribution in [-0.4, -0.2) is 51.2 Å². The topological polar surface area (TPSA) is 77.9 Å². The molecule has 2 heterocycles. The molecule has 2 aliphatic rings. The molecule has 2 rings (SSSR count). The number of carboxylic acids is 1. The van der Waals surface area contributed by atoms with Crippen LogP contribution in [0.2, 0.25) is 0 Å². The summed E-state index contributed by atoms with van der Waals surface area (Å²) in [6, 6.07) is -0.898. The van der Waals surface area contributed by atoms with E-state index in [4.69, 9.17) is 5.11 Å². The zero-order valence-corrected chi connectivity index (χ0v) is 10.1. The number of amides is 2. The van der Waals surface area contributed by atoms with E-state index in [0.717, 1.165) is 5.01 Å².